The van der Waals surface area contributed by atoms with E-state index in [9.17, 15) is 13.2 Å². The van der Waals surface area contributed by atoms with E-state index in [4.69, 9.17) is 0 Å². The molecule has 1 N–H and O–H groups in total. The van der Waals surface area contributed by atoms with Crippen LogP contribution >= 0.6 is 0 Å². The first kappa shape index (κ1) is 21.0. The molecule has 0 radical (unpaired) electrons. The first-order chi connectivity index (χ1) is 12.5. The van der Waals surface area contributed by atoms with Crippen molar-refractivity contribution in [2.45, 2.75) is 40.7 Å². The van der Waals surface area contributed by atoms with E-state index in [2.05, 4.69) is 11.4 Å². The van der Waals surface area contributed by atoms with Crippen molar-refractivity contribution < 1.29 is 13.2 Å². The van der Waals surface area contributed by atoms with Crippen molar-refractivity contribution in [1.29, 1.82) is 0 Å². The van der Waals surface area contributed by atoms with Crippen molar-refractivity contribution in [2.24, 2.45) is 0 Å². The van der Waals surface area contributed by atoms with Gasteiger partial charge in [-0.2, -0.15) is 0 Å². The molecule has 0 saturated carbocycles. The number of anilines is 1. The van der Waals surface area contributed by atoms with Crippen molar-refractivity contribution in [3.05, 3.63) is 64.2 Å². The zero-order valence-corrected chi connectivity index (χ0v) is 17.6. The Morgan fingerprint density at radius 1 is 1.07 bits per heavy atom. The SMILES string of the molecule is Cc1ccc([C@H](C)NC(=O)CN(c2cccc(C)c2C)S(C)(=O)=O)c(C)c1. The summed E-state index contributed by atoms with van der Waals surface area (Å²) in [5.74, 6) is -0.339. The van der Waals surface area contributed by atoms with Crippen LogP contribution in [0.15, 0.2) is 36.4 Å². The van der Waals surface area contributed by atoms with Crippen molar-refractivity contribution in [3.8, 4) is 0 Å². The van der Waals surface area contributed by atoms with Crippen LogP contribution in [0, 0.1) is 27.7 Å². The lowest BCUT2D eigenvalue weighted by Crippen LogP contribution is -2.41. The zero-order chi connectivity index (χ0) is 20.4. The summed E-state index contributed by atoms with van der Waals surface area (Å²) < 4.78 is 25.8. The molecule has 0 aliphatic rings. The lowest BCUT2D eigenvalue weighted by atomic mass is 10.0. The maximum atomic E-state index is 12.6. The molecular formula is C21H28N2O3S. The maximum absolute atomic E-state index is 12.6. The molecule has 27 heavy (non-hydrogen) atoms. The molecule has 0 aliphatic heterocycles. The summed E-state index contributed by atoms with van der Waals surface area (Å²) in [6.45, 7) is 9.45. The van der Waals surface area contributed by atoms with Gasteiger partial charge in [-0.3, -0.25) is 9.10 Å². The molecule has 0 bridgehead atoms. The van der Waals surface area contributed by atoms with Gasteiger partial charge in [0.25, 0.3) is 0 Å². The highest BCUT2D eigenvalue weighted by Gasteiger charge is 2.23. The summed E-state index contributed by atoms with van der Waals surface area (Å²) in [6, 6.07) is 11.3. The quantitative estimate of drug-likeness (QED) is 0.823. The minimum atomic E-state index is -3.59. The second kappa shape index (κ2) is 8.13. The molecule has 0 heterocycles. The first-order valence-corrected chi connectivity index (χ1v) is 10.8. The van der Waals surface area contributed by atoms with Gasteiger partial charge in [0.15, 0.2) is 0 Å². The van der Waals surface area contributed by atoms with Crippen molar-refractivity contribution in [1.82, 2.24) is 5.32 Å². The van der Waals surface area contributed by atoms with Crippen molar-refractivity contribution in [3.63, 3.8) is 0 Å². The monoisotopic (exact) mass is 388 g/mol. The highest BCUT2D eigenvalue weighted by atomic mass is 32.2. The average molecular weight is 389 g/mol. The summed E-state index contributed by atoms with van der Waals surface area (Å²) in [4.78, 5) is 12.6. The third kappa shape index (κ3) is 5.10. The van der Waals surface area contributed by atoms with Gasteiger partial charge in [-0.25, -0.2) is 8.42 Å². The van der Waals surface area contributed by atoms with Crippen LogP contribution in [0.2, 0.25) is 0 Å². The normalized spacial score (nSPS) is 12.5. The van der Waals surface area contributed by atoms with E-state index < -0.39 is 10.0 Å². The Labute approximate surface area is 162 Å². The van der Waals surface area contributed by atoms with Gasteiger partial charge < -0.3 is 5.32 Å². The molecule has 5 nitrogen and oxygen atoms in total. The minimum absolute atomic E-state index is 0.210. The lowest BCUT2D eigenvalue weighted by Gasteiger charge is -2.25. The molecule has 2 aromatic carbocycles. The number of aryl methyl sites for hydroxylation is 3. The molecule has 0 spiro atoms. The van der Waals surface area contributed by atoms with Gasteiger partial charge >= 0.3 is 0 Å². The predicted octanol–water partition coefficient (Wildman–Crippen LogP) is 3.56. The van der Waals surface area contributed by atoms with Gasteiger partial charge in [-0.15, -0.1) is 0 Å². The van der Waals surface area contributed by atoms with E-state index in [1.165, 1.54) is 4.31 Å². The summed E-state index contributed by atoms with van der Waals surface area (Å²) in [5.41, 5.74) is 5.63. The number of hydrogen-bond acceptors (Lipinski definition) is 3. The van der Waals surface area contributed by atoms with E-state index in [1.807, 2.05) is 52.8 Å². The van der Waals surface area contributed by atoms with Crippen LogP contribution < -0.4 is 9.62 Å². The number of nitrogens with zero attached hydrogens (tertiary/aromatic N) is 1. The molecule has 2 aromatic rings. The third-order valence-corrected chi connectivity index (χ3v) is 5.93. The fourth-order valence-corrected chi connectivity index (χ4v) is 4.10. The second-order valence-corrected chi connectivity index (χ2v) is 9.04. The van der Waals surface area contributed by atoms with Gasteiger partial charge in [-0.05, 0) is 62.9 Å². The van der Waals surface area contributed by atoms with E-state index in [0.29, 0.717) is 5.69 Å². The molecule has 0 fully saturated rings. The van der Waals surface area contributed by atoms with Gasteiger partial charge in [0.1, 0.15) is 6.54 Å². The topological polar surface area (TPSA) is 66.5 Å². The smallest absolute Gasteiger partial charge is 0.241 e. The molecule has 1 atom stereocenters. The van der Waals surface area contributed by atoms with E-state index in [1.54, 1.807) is 12.1 Å². The summed E-state index contributed by atoms with van der Waals surface area (Å²) in [7, 11) is -3.59. The Balaban J connectivity index is 2.23. The number of benzene rings is 2. The number of amides is 1. The number of nitrogens with one attached hydrogen (secondary N) is 1. The van der Waals surface area contributed by atoms with Crippen molar-refractivity contribution in [2.75, 3.05) is 17.1 Å². The van der Waals surface area contributed by atoms with Crippen LogP contribution in [-0.4, -0.2) is 27.1 Å². The van der Waals surface area contributed by atoms with Gasteiger partial charge in [0.05, 0.1) is 18.0 Å². The van der Waals surface area contributed by atoms with Gasteiger partial charge in [0, 0.05) is 0 Å². The van der Waals surface area contributed by atoms with Crippen LogP contribution in [0.4, 0.5) is 5.69 Å². The molecule has 0 aliphatic carbocycles. The molecule has 0 saturated heterocycles. The van der Waals surface area contributed by atoms with Crippen molar-refractivity contribution >= 4 is 21.6 Å². The Morgan fingerprint density at radius 2 is 1.74 bits per heavy atom. The van der Waals surface area contributed by atoms with Gasteiger partial charge in [-0.1, -0.05) is 35.9 Å². The highest BCUT2D eigenvalue weighted by molar-refractivity contribution is 7.92. The largest absolute Gasteiger partial charge is 0.348 e. The zero-order valence-electron chi connectivity index (χ0n) is 16.8. The van der Waals surface area contributed by atoms with Gasteiger partial charge in [0.2, 0.25) is 15.9 Å². The summed E-state index contributed by atoms with van der Waals surface area (Å²) >= 11 is 0. The van der Waals surface area contributed by atoms with E-state index in [0.717, 1.165) is 34.1 Å². The van der Waals surface area contributed by atoms with Crippen LogP contribution in [0.25, 0.3) is 0 Å². The molecule has 2 rings (SSSR count). The standard InChI is InChI=1S/C21H28N2O3S/c1-14-10-11-19(16(3)12-14)18(5)22-21(24)13-23(27(6,25)26)20-9-7-8-15(2)17(20)4/h7-12,18H,13H2,1-6H3,(H,22,24)/t18-/m0/s1. The minimum Gasteiger partial charge on any atom is -0.348 e. The molecule has 0 aromatic heterocycles. The Kier molecular flexibility index (Phi) is 6.31. The van der Waals surface area contributed by atoms with Crippen LogP contribution in [0.3, 0.4) is 0 Å². The van der Waals surface area contributed by atoms with Crippen LogP contribution in [0.1, 0.15) is 40.8 Å². The number of carbonyl (C=O) groups is 1. The maximum Gasteiger partial charge on any atom is 0.241 e. The molecule has 146 valence electrons. The number of hydrogen-bond donors (Lipinski definition) is 1. The Morgan fingerprint density at radius 3 is 2.33 bits per heavy atom. The molecule has 1 amide bonds. The second-order valence-electron chi connectivity index (χ2n) is 7.14. The van der Waals surface area contributed by atoms with Crippen LogP contribution in [0.5, 0.6) is 0 Å². The fourth-order valence-electron chi connectivity index (χ4n) is 3.19. The summed E-state index contributed by atoms with van der Waals surface area (Å²) in [6.07, 6.45) is 1.12. The first-order valence-electron chi connectivity index (χ1n) is 8.91. The fraction of sp³-hybridized carbons (Fsp3) is 0.381. The van der Waals surface area contributed by atoms with E-state index >= 15 is 0 Å². The van der Waals surface area contributed by atoms with E-state index in [-0.39, 0.29) is 18.5 Å². The number of carbonyl (C=O) groups excluding carboxylic acids is 1. The number of rotatable bonds is 6. The predicted molar refractivity (Wildman–Crippen MR) is 111 cm³/mol. The average Bonchev–Trinajstić information content (AvgIpc) is 2.54. The molecular weight excluding hydrogens is 360 g/mol. The van der Waals surface area contributed by atoms with Crippen LogP contribution in [-0.2, 0) is 14.8 Å². The number of sulfonamides is 1. The molecule has 0 unspecified atom stereocenters. The summed E-state index contributed by atoms with van der Waals surface area (Å²) in [5, 5.41) is 2.92. The Bertz CT molecular complexity index is 952. The lowest BCUT2D eigenvalue weighted by molar-refractivity contribution is -0.120. The molecule has 6 heteroatoms. The highest BCUT2D eigenvalue weighted by Crippen LogP contribution is 2.25. The third-order valence-electron chi connectivity index (χ3n) is 4.80. The Hall–Kier alpha value is -2.34.